The number of rotatable bonds is 4. The van der Waals surface area contributed by atoms with E-state index in [-0.39, 0.29) is 0 Å². The van der Waals surface area contributed by atoms with Crippen LogP contribution in [0.2, 0.25) is 0 Å². The van der Waals surface area contributed by atoms with Gasteiger partial charge in [-0.15, -0.1) is 0 Å². The van der Waals surface area contributed by atoms with Gasteiger partial charge in [0.2, 0.25) is 0 Å². The van der Waals surface area contributed by atoms with E-state index >= 15 is 0 Å². The first-order chi connectivity index (χ1) is 11.0. The fraction of sp³-hybridized carbons (Fsp3) is 0.158. The number of nitrogens with zero attached hydrogens (tertiary/aromatic N) is 1. The molecule has 0 bridgehead atoms. The third-order valence-corrected chi connectivity index (χ3v) is 5.87. The molecule has 0 unspecified atom stereocenters. The van der Waals surface area contributed by atoms with Crippen LogP contribution in [0.5, 0.6) is 0 Å². The van der Waals surface area contributed by atoms with Crippen LogP contribution in [0.15, 0.2) is 71.6 Å². The Kier molecular flexibility index (Phi) is 4.09. The lowest BCUT2D eigenvalue weighted by Crippen LogP contribution is -2.26. The summed E-state index contributed by atoms with van der Waals surface area (Å²) in [6.07, 6.45) is 0.932. The molecule has 0 radical (unpaired) electrons. The van der Waals surface area contributed by atoms with Gasteiger partial charge < -0.3 is 0 Å². The molecular formula is C19H19NO2S. The van der Waals surface area contributed by atoms with E-state index in [1.807, 2.05) is 54.6 Å². The van der Waals surface area contributed by atoms with Gasteiger partial charge in [-0.2, -0.15) is 0 Å². The highest BCUT2D eigenvalue weighted by Gasteiger charge is 2.21. The van der Waals surface area contributed by atoms with E-state index in [1.165, 1.54) is 9.87 Å². The summed E-state index contributed by atoms with van der Waals surface area (Å²) in [6.45, 7) is 2.07. The third-order valence-electron chi connectivity index (χ3n) is 4.09. The van der Waals surface area contributed by atoms with Crippen molar-refractivity contribution in [3.63, 3.8) is 0 Å². The maximum Gasteiger partial charge on any atom is 0.264 e. The first kappa shape index (κ1) is 15.6. The number of benzene rings is 3. The fourth-order valence-corrected chi connectivity index (χ4v) is 3.80. The zero-order valence-corrected chi connectivity index (χ0v) is 14.0. The number of aryl methyl sites for hydroxylation is 1. The van der Waals surface area contributed by atoms with Gasteiger partial charge in [0.05, 0.1) is 10.6 Å². The van der Waals surface area contributed by atoms with Crippen molar-refractivity contribution in [1.29, 1.82) is 0 Å². The van der Waals surface area contributed by atoms with Gasteiger partial charge in [0.25, 0.3) is 10.0 Å². The summed E-state index contributed by atoms with van der Waals surface area (Å²) >= 11 is 0. The number of hydrogen-bond donors (Lipinski definition) is 0. The molecule has 3 aromatic rings. The molecule has 0 fully saturated rings. The molecule has 0 saturated heterocycles. The number of sulfonamides is 1. The van der Waals surface area contributed by atoms with Gasteiger partial charge in [-0.1, -0.05) is 49.4 Å². The van der Waals surface area contributed by atoms with Gasteiger partial charge in [-0.3, -0.25) is 4.31 Å². The van der Waals surface area contributed by atoms with Crippen LogP contribution < -0.4 is 4.31 Å². The summed E-state index contributed by atoms with van der Waals surface area (Å²) in [6, 6.07) is 20.6. The number of anilines is 1. The second kappa shape index (κ2) is 6.05. The lowest BCUT2D eigenvalue weighted by Gasteiger charge is -2.20. The Bertz CT molecular complexity index is 931. The smallest absolute Gasteiger partial charge is 0.264 e. The molecule has 0 aliphatic heterocycles. The Labute approximate surface area is 137 Å². The molecule has 0 saturated carbocycles. The number of hydrogen-bond acceptors (Lipinski definition) is 2. The Morgan fingerprint density at radius 3 is 2.17 bits per heavy atom. The highest BCUT2D eigenvalue weighted by molar-refractivity contribution is 7.92. The van der Waals surface area contributed by atoms with Crippen LogP contribution in [-0.2, 0) is 16.4 Å². The van der Waals surface area contributed by atoms with E-state index in [2.05, 4.69) is 6.92 Å². The minimum Gasteiger partial charge on any atom is -0.269 e. The molecule has 0 N–H and O–H groups in total. The van der Waals surface area contributed by atoms with Crippen LogP contribution >= 0.6 is 0 Å². The van der Waals surface area contributed by atoms with E-state index in [0.29, 0.717) is 10.6 Å². The molecule has 0 atom stereocenters. The standard InChI is InChI=1S/C19H19NO2S/c1-3-15-8-11-18(12-9-15)20(2)23(21,22)19-13-10-16-6-4-5-7-17(16)14-19/h4-14H,3H2,1-2H3. The molecule has 23 heavy (non-hydrogen) atoms. The Morgan fingerprint density at radius 1 is 0.870 bits per heavy atom. The summed E-state index contributed by atoms with van der Waals surface area (Å²) in [5, 5.41) is 1.95. The van der Waals surface area contributed by atoms with Crippen molar-refractivity contribution < 1.29 is 8.42 Å². The maximum atomic E-state index is 12.9. The van der Waals surface area contributed by atoms with Crippen LogP contribution in [0.1, 0.15) is 12.5 Å². The molecule has 0 aliphatic rings. The second-order valence-corrected chi connectivity index (χ2v) is 7.47. The van der Waals surface area contributed by atoms with Crippen LogP contribution in [0.25, 0.3) is 10.8 Å². The van der Waals surface area contributed by atoms with E-state index in [4.69, 9.17) is 0 Å². The van der Waals surface area contributed by atoms with Crippen molar-refractivity contribution in [2.75, 3.05) is 11.4 Å². The van der Waals surface area contributed by atoms with Gasteiger partial charge >= 0.3 is 0 Å². The highest BCUT2D eigenvalue weighted by Crippen LogP contribution is 2.25. The summed E-state index contributed by atoms with van der Waals surface area (Å²) in [7, 11) is -1.98. The molecule has 0 aromatic heterocycles. The first-order valence-corrected chi connectivity index (χ1v) is 9.03. The average Bonchev–Trinajstić information content (AvgIpc) is 2.60. The predicted octanol–water partition coefficient (Wildman–Crippen LogP) is 4.23. The molecular weight excluding hydrogens is 306 g/mol. The first-order valence-electron chi connectivity index (χ1n) is 7.59. The van der Waals surface area contributed by atoms with Gasteiger partial charge in [0.15, 0.2) is 0 Å². The SMILES string of the molecule is CCc1ccc(N(C)S(=O)(=O)c2ccc3ccccc3c2)cc1. The largest absolute Gasteiger partial charge is 0.269 e. The monoisotopic (exact) mass is 325 g/mol. The molecule has 0 aliphatic carbocycles. The van der Waals surface area contributed by atoms with Gasteiger partial charge in [0, 0.05) is 7.05 Å². The van der Waals surface area contributed by atoms with Crippen LogP contribution in [0, 0.1) is 0 Å². The Balaban J connectivity index is 2.00. The summed E-state index contributed by atoms with van der Waals surface area (Å²) in [5.41, 5.74) is 1.85. The minimum absolute atomic E-state index is 0.304. The van der Waals surface area contributed by atoms with Crippen LogP contribution in [-0.4, -0.2) is 15.5 Å². The summed E-state index contributed by atoms with van der Waals surface area (Å²) < 4.78 is 27.0. The summed E-state index contributed by atoms with van der Waals surface area (Å²) in [5.74, 6) is 0. The van der Waals surface area contributed by atoms with Crippen LogP contribution in [0.4, 0.5) is 5.69 Å². The Hall–Kier alpha value is -2.33. The van der Waals surface area contributed by atoms with E-state index < -0.39 is 10.0 Å². The minimum atomic E-state index is -3.57. The molecule has 0 heterocycles. The molecule has 3 rings (SSSR count). The van der Waals surface area contributed by atoms with Gasteiger partial charge in [-0.25, -0.2) is 8.42 Å². The normalized spacial score (nSPS) is 11.6. The topological polar surface area (TPSA) is 37.4 Å². The maximum absolute atomic E-state index is 12.9. The quantitative estimate of drug-likeness (QED) is 0.720. The second-order valence-electron chi connectivity index (χ2n) is 5.50. The lowest BCUT2D eigenvalue weighted by atomic mass is 10.1. The zero-order chi connectivity index (χ0) is 16.4. The van der Waals surface area contributed by atoms with E-state index in [9.17, 15) is 8.42 Å². The third kappa shape index (κ3) is 2.94. The average molecular weight is 325 g/mol. The fourth-order valence-electron chi connectivity index (χ4n) is 2.57. The van der Waals surface area contributed by atoms with Crippen molar-refractivity contribution in [2.45, 2.75) is 18.2 Å². The van der Waals surface area contributed by atoms with Crippen LogP contribution in [0.3, 0.4) is 0 Å². The molecule has 3 nitrogen and oxygen atoms in total. The van der Waals surface area contributed by atoms with Crippen molar-refractivity contribution in [2.24, 2.45) is 0 Å². The summed E-state index contributed by atoms with van der Waals surface area (Å²) in [4.78, 5) is 0.304. The molecule has 0 amide bonds. The van der Waals surface area contributed by atoms with Gasteiger partial charge in [-0.05, 0) is 47.0 Å². The molecule has 3 aromatic carbocycles. The number of fused-ring (bicyclic) bond motifs is 1. The predicted molar refractivity (Wildman–Crippen MR) is 95.4 cm³/mol. The molecule has 118 valence electrons. The zero-order valence-electron chi connectivity index (χ0n) is 13.2. The van der Waals surface area contributed by atoms with Gasteiger partial charge in [0.1, 0.15) is 0 Å². The Morgan fingerprint density at radius 2 is 1.52 bits per heavy atom. The van der Waals surface area contributed by atoms with Crippen molar-refractivity contribution in [3.8, 4) is 0 Å². The molecule has 4 heteroatoms. The van der Waals surface area contributed by atoms with E-state index in [1.54, 1.807) is 19.2 Å². The van der Waals surface area contributed by atoms with Crippen molar-refractivity contribution in [3.05, 3.63) is 72.3 Å². The van der Waals surface area contributed by atoms with E-state index in [0.717, 1.165) is 17.2 Å². The highest BCUT2D eigenvalue weighted by atomic mass is 32.2. The lowest BCUT2D eigenvalue weighted by molar-refractivity contribution is 0.594. The molecule has 0 spiro atoms. The van der Waals surface area contributed by atoms with Crippen molar-refractivity contribution >= 4 is 26.5 Å². The van der Waals surface area contributed by atoms with Crippen molar-refractivity contribution in [1.82, 2.24) is 0 Å².